The molecule has 3 amide bonds. The van der Waals surface area contributed by atoms with E-state index < -0.39 is 54.0 Å². The van der Waals surface area contributed by atoms with Crippen LogP contribution in [0, 0.1) is 11.8 Å². The third kappa shape index (κ3) is 10.6. The van der Waals surface area contributed by atoms with Crippen molar-refractivity contribution >= 4 is 35.5 Å². The van der Waals surface area contributed by atoms with Crippen LogP contribution in [-0.4, -0.2) is 76.2 Å². The van der Waals surface area contributed by atoms with Gasteiger partial charge in [0.25, 0.3) is 0 Å². The van der Waals surface area contributed by atoms with Crippen molar-refractivity contribution in [1.29, 1.82) is 0 Å². The molecule has 0 aliphatic heterocycles. The van der Waals surface area contributed by atoms with Gasteiger partial charge in [-0.3, -0.25) is 14.4 Å². The van der Waals surface area contributed by atoms with Crippen molar-refractivity contribution in [2.24, 2.45) is 17.6 Å². The summed E-state index contributed by atoms with van der Waals surface area (Å²) in [6.07, 6.45) is 1.91. The molecule has 10 nitrogen and oxygen atoms in total. The Hall–Kier alpha value is -1.85. The Kier molecular flexibility index (Phi) is 14.2. The highest BCUT2D eigenvalue weighted by atomic mass is 32.2. The molecule has 11 heteroatoms. The van der Waals surface area contributed by atoms with E-state index in [1.54, 1.807) is 11.8 Å². The molecule has 0 fully saturated rings. The Bertz CT molecular complexity index is 631. The molecule has 0 saturated carbocycles. The highest BCUT2D eigenvalue weighted by Gasteiger charge is 2.33. The van der Waals surface area contributed by atoms with Crippen molar-refractivity contribution in [2.75, 3.05) is 12.0 Å². The fraction of sp³-hybridized carbons (Fsp3) is 0.810. The first kappa shape index (κ1) is 30.1. The van der Waals surface area contributed by atoms with Crippen LogP contribution in [-0.2, 0) is 19.2 Å². The minimum atomic E-state index is -1.51. The van der Waals surface area contributed by atoms with Crippen LogP contribution in [0.1, 0.15) is 53.9 Å². The van der Waals surface area contributed by atoms with E-state index in [4.69, 9.17) is 5.73 Å². The van der Waals surface area contributed by atoms with Crippen LogP contribution < -0.4 is 21.7 Å². The lowest BCUT2D eigenvalue weighted by Gasteiger charge is -2.28. The number of aliphatic carboxylic acids is 1. The average Bonchev–Trinajstić information content (AvgIpc) is 2.71. The number of carbonyl (C=O) groups is 4. The molecule has 0 aliphatic carbocycles. The number of nitrogens with one attached hydrogen (secondary N) is 3. The van der Waals surface area contributed by atoms with E-state index >= 15 is 0 Å². The molecule has 7 N–H and O–H groups in total. The van der Waals surface area contributed by atoms with Gasteiger partial charge in [-0.2, -0.15) is 11.8 Å². The van der Waals surface area contributed by atoms with Gasteiger partial charge in [-0.15, -0.1) is 0 Å². The van der Waals surface area contributed by atoms with Crippen LogP contribution in [0.25, 0.3) is 0 Å². The molecule has 32 heavy (non-hydrogen) atoms. The lowest BCUT2D eigenvalue weighted by molar-refractivity contribution is -0.145. The molecule has 6 unspecified atom stereocenters. The fourth-order valence-electron chi connectivity index (χ4n) is 2.95. The highest BCUT2D eigenvalue weighted by Crippen LogP contribution is 2.12. The lowest BCUT2D eigenvalue weighted by atomic mass is 9.96. The molecule has 0 radical (unpaired) electrons. The summed E-state index contributed by atoms with van der Waals surface area (Å²) in [4.78, 5) is 49.6. The van der Waals surface area contributed by atoms with Gasteiger partial charge in [-0.25, -0.2) is 4.79 Å². The molecular formula is C21H40N4O6S. The second-order valence-electron chi connectivity index (χ2n) is 8.52. The van der Waals surface area contributed by atoms with Gasteiger partial charge in [0.1, 0.15) is 12.1 Å². The normalized spacial score (nSPS) is 16.9. The van der Waals surface area contributed by atoms with Gasteiger partial charge in [0, 0.05) is 0 Å². The van der Waals surface area contributed by atoms with Gasteiger partial charge < -0.3 is 31.9 Å². The largest absolute Gasteiger partial charge is 0.480 e. The van der Waals surface area contributed by atoms with Crippen LogP contribution in [0.5, 0.6) is 0 Å². The number of carbonyl (C=O) groups excluding carboxylic acids is 3. The van der Waals surface area contributed by atoms with Crippen molar-refractivity contribution < 1.29 is 29.4 Å². The summed E-state index contributed by atoms with van der Waals surface area (Å²) < 4.78 is 0. The number of nitrogens with two attached hydrogens (primary N) is 1. The van der Waals surface area contributed by atoms with Crippen LogP contribution >= 0.6 is 11.8 Å². The minimum Gasteiger partial charge on any atom is -0.480 e. The topological polar surface area (TPSA) is 171 Å². The molecule has 0 rings (SSSR count). The first-order chi connectivity index (χ1) is 14.8. The minimum absolute atomic E-state index is 0.0116. The maximum Gasteiger partial charge on any atom is 0.328 e. The van der Waals surface area contributed by atoms with Gasteiger partial charge in [-0.1, -0.05) is 34.1 Å². The summed E-state index contributed by atoms with van der Waals surface area (Å²) in [6.45, 7) is 8.65. The maximum absolute atomic E-state index is 13.0. The van der Waals surface area contributed by atoms with E-state index in [0.29, 0.717) is 18.6 Å². The summed E-state index contributed by atoms with van der Waals surface area (Å²) in [6, 6.07) is -4.19. The van der Waals surface area contributed by atoms with E-state index in [9.17, 15) is 29.4 Å². The summed E-state index contributed by atoms with van der Waals surface area (Å²) in [5.41, 5.74) is 5.92. The summed E-state index contributed by atoms with van der Waals surface area (Å²) in [7, 11) is 0. The number of rotatable bonds is 15. The first-order valence-corrected chi connectivity index (χ1v) is 12.3. The number of carboxylic acids is 1. The molecule has 0 aliphatic rings. The van der Waals surface area contributed by atoms with Gasteiger partial charge in [0.05, 0.1) is 12.1 Å². The van der Waals surface area contributed by atoms with Crippen LogP contribution in [0.4, 0.5) is 0 Å². The Morgan fingerprint density at radius 3 is 1.94 bits per heavy atom. The van der Waals surface area contributed by atoms with E-state index in [2.05, 4.69) is 16.0 Å². The zero-order valence-electron chi connectivity index (χ0n) is 19.9. The zero-order chi connectivity index (χ0) is 25.0. The van der Waals surface area contributed by atoms with Crippen molar-refractivity contribution in [3.8, 4) is 0 Å². The van der Waals surface area contributed by atoms with Crippen LogP contribution in [0.3, 0.4) is 0 Å². The summed E-state index contributed by atoms with van der Waals surface area (Å²) in [5.74, 6) is -2.59. The van der Waals surface area contributed by atoms with Crippen molar-refractivity contribution in [3.63, 3.8) is 0 Å². The van der Waals surface area contributed by atoms with Gasteiger partial charge in [0.15, 0.2) is 6.04 Å². The van der Waals surface area contributed by atoms with Crippen molar-refractivity contribution in [3.05, 3.63) is 0 Å². The average molecular weight is 477 g/mol. The molecule has 186 valence electrons. The molecule has 0 aromatic rings. The monoisotopic (exact) mass is 476 g/mol. The SMILES string of the molecule is CCC(C)C(NC(=O)C(N)CCSC)C(=O)NC(CC(C)C)C(=O)NC(C(=O)O)C(C)O. The summed E-state index contributed by atoms with van der Waals surface area (Å²) >= 11 is 1.57. The Morgan fingerprint density at radius 1 is 0.938 bits per heavy atom. The first-order valence-electron chi connectivity index (χ1n) is 10.9. The third-order valence-corrected chi connectivity index (χ3v) is 5.79. The highest BCUT2D eigenvalue weighted by molar-refractivity contribution is 7.98. The molecular weight excluding hydrogens is 436 g/mol. The second-order valence-corrected chi connectivity index (χ2v) is 9.50. The molecule has 0 bridgehead atoms. The van der Waals surface area contributed by atoms with Crippen LogP contribution in [0.2, 0.25) is 0 Å². The molecule has 0 saturated heterocycles. The number of aliphatic hydroxyl groups is 1. The third-order valence-electron chi connectivity index (χ3n) is 5.15. The molecule has 0 aromatic heterocycles. The zero-order valence-corrected chi connectivity index (χ0v) is 20.7. The lowest BCUT2D eigenvalue weighted by Crippen LogP contribution is -2.59. The van der Waals surface area contributed by atoms with E-state index in [-0.39, 0.29) is 18.3 Å². The van der Waals surface area contributed by atoms with E-state index in [0.717, 1.165) is 0 Å². The quantitative estimate of drug-likeness (QED) is 0.193. The second kappa shape index (κ2) is 15.1. The smallest absolute Gasteiger partial charge is 0.328 e. The number of thioether (sulfide) groups is 1. The number of aliphatic hydroxyl groups excluding tert-OH is 1. The predicted molar refractivity (Wildman–Crippen MR) is 125 cm³/mol. The number of carboxylic acid groups (broad SMARTS) is 1. The standard InChI is InChI=1S/C21H40N4O6S/c1-7-12(4)16(24-18(27)14(22)8-9-32-6)20(29)23-15(10-11(2)3)19(28)25-17(13(5)26)21(30)31/h11-17,26H,7-10,22H2,1-6H3,(H,23,29)(H,24,27)(H,25,28)(H,30,31). The number of amides is 3. The van der Waals surface area contributed by atoms with Gasteiger partial charge >= 0.3 is 5.97 Å². The summed E-state index contributed by atoms with van der Waals surface area (Å²) in [5, 5.41) is 26.5. The molecule has 0 aromatic carbocycles. The van der Waals surface area contributed by atoms with Gasteiger partial charge in [0.2, 0.25) is 17.7 Å². The van der Waals surface area contributed by atoms with E-state index in [1.807, 2.05) is 34.0 Å². The van der Waals surface area contributed by atoms with E-state index in [1.165, 1.54) is 6.92 Å². The molecule has 0 heterocycles. The van der Waals surface area contributed by atoms with Crippen molar-refractivity contribution in [1.82, 2.24) is 16.0 Å². The fourth-order valence-corrected chi connectivity index (χ4v) is 3.43. The Labute approximate surface area is 194 Å². The molecule has 6 atom stereocenters. The van der Waals surface area contributed by atoms with Crippen molar-refractivity contribution in [2.45, 2.75) is 84.2 Å². The predicted octanol–water partition coefficient (Wildman–Crippen LogP) is 0.0788. The molecule has 0 spiro atoms. The maximum atomic E-state index is 13.0. The number of hydrogen-bond acceptors (Lipinski definition) is 7. The van der Waals surface area contributed by atoms with Gasteiger partial charge in [-0.05, 0) is 43.6 Å². The number of hydrogen-bond donors (Lipinski definition) is 6. The van der Waals surface area contributed by atoms with Crippen LogP contribution in [0.15, 0.2) is 0 Å². The Morgan fingerprint density at radius 2 is 1.50 bits per heavy atom. The Balaban J connectivity index is 5.50.